The van der Waals surface area contributed by atoms with Crippen molar-refractivity contribution in [1.82, 2.24) is 0 Å². The Morgan fingerprint density at radius 1 is 1.24 bits per heavy atom. The molecule has 1 heteroatoms. The molecular weight excluding hydrogens is 220 g/mol. The fraction of sp³-hybridized carbons (Fsp3) is 0.500. The molecule has 1 aromatic rings. The minimum absolute atomic E-state index is 0.846. The summed E-state index contributed by atoms with van der Waals surface area (Å²) in [6.45, 7) is 2.33. The summed E-state index contributed by atoms with van der Waals surface area (Å²) < 4.78 is 0. The van der Waals surface area contributed by atoms with Gasteiger partial charge in [0.1, 0.15) is 0 Å². The van der Waals surface area contributed by atoms with Crippen molar-refractivity contribution < 1.29 is 0 Å². The van der Waals surface area contributed by atoms with Crippen molar-refractivity contribution >= 4 is 14.1 Å². The van der Waals surface area contributed by atoms with Gasteiger partial charge in [-0.15, -0.1) is 0 Å². The Labute approximate surface area is 106 Å². The monoisotopic (exact) mass is 242 g/mol. The molecule has 0 amide bonds. The first-order chi connectivity index (χ1) is 8.36. The van der Waals surface area contributed by atoms with Crippen molar-refractivity contribution in [2.75, 3.05) is 0 Å². The van der Waals surface area contributed by atoms with Crippen LogP contribution in [-0.4, -0.2) is 8.07 Å². The highest BCUT2D eigenvalue weighted by molar-refractivity contribution is 6.84. The van der Waals surface area contributed by atoms with Crippen LogP contribution in [0, 0.1) is 0 Å². The van der Waals surface area contributed by atoms with Crippen molar-refractivity contribution in [3.63, 3.8) is 0 Å². The lowest BCUT2D eigenvalue weighted by Crippen LogP contribution is -2.46. The molecule has 2 aliphatic rings. The van der Waals surface area contributed by atoms with Gasteiger partial charge in [-0.05, 0) is 16.7 Å². The lowest BCUT2D eigenvalue weighted by molar-refractivity contribution is 0.776. The summed E-state index contributed by atoms with van der Waals surface area (Å²) in [7, 11) is -0.969. The number of allylic oxidation sites excluding steroid dienone is 1. The average molecular weight is 242 g/mol. The van der Waals surface area contributed by atoms with Crippen LogP contribution in [0.5, 0.6) is 0 Å². The van der Waals surface area contributed by atoms with E-state index in [2.05, 4.69) is 43.3 Å². The third kappa shape index (κ3) is 1.81. The van der Waals surface area contributed by atoms with E-state index in [9.17, 15) is 0 Å². The van der Waals surface area contributed by atoms with Gasteiger partial charge in [0.15, 0.2) is 0 Å². The highest BCUT2D eigenvalue weighted by Gasteiger charge is 2.46. The summed E-state index contributed by atoms with van der Waals surface area (Å²) in [6.07, 6.45) is 9.23. The molecule has 1 unspecified atom stereocenters. The Kier molecular flexibility index (Phi) is 2.95. The van der Waals surface area contributed by atoms with Crippen molar-refractivity contribution in [2.45, 2.75) is 49.9 Å². The molecule has 0 bridgehead atoms. The van der Waals surface area contributed by atoms with Crippen LogP contribution >= 0.6 is 0 Å². The van der Waals surface area contributed by atoms with Crippen LogP contribution in [-0.2, 0) is 0 Å². The minimum Gasteiger partial charge on any atom is -0.0791 e. The molecular formula is C16H22Si. The summed E-state index contributed by atoms with van der Waals surface area (Å²) in [5.41, 5.74) is 3.99. The summed E-state index contributed by atoms with van der Waals surface area (Å²) >= 11 is 0. The van der Waals surface area contributed by atoms with E-state index in [1.165, 1.54) is 24.8 Å². The maximum absolute atomic E-state index is 2.53. The Bertz CT molecular complexity index is 429. The summed E-state index contributed by atoms with van der Waals surface area (Å²) in [6, 6.07) is 13.8. The van der Waals surface area contributed by atoms with E-state index >= 15 is 0 Å². The molecule has 1 fully saturated rings. The van der Waals surface area contributed by atoms with Crippen molar-refractivity contribution in [1.29, 1.82) is 0 Å². The van der Waals surface area contributed by atoms with E-state index in [1.807, 2.05) is 0 Å². The first kappa shape index (κ1) is 11.3. The number of fused-ring (bicyclic) bond motifs is 1. The van der Waals surface area contributed by atoms with Gasteiger partial charge in [-0.2, -0.15) is 0 Å². The third-order valence-corrected chi connectivity index (χ3v) is 10.7. The van der Waals surface area contributed by atoms with Crippen LogP contribution in [0.2, 0.25) is 18.1 Å². The molecule has 90 valence electrons. The Morgan fingerprint density at radius 3 is 2.76 bits per heavy atom. The quantitative estimate of drug-likeness (QED) is 0.653. The molecule has 1 aliphatic heterocycles. The predicted molar refractivity (Wildman–Crippen MR) is 77.9 cm³/mol. The van der Waals surface area contributed by atoms with Gasteiger partial charge in [0.05, 0.1) is 8.07 Å². The lowest BCUT2D eigenvalue weighted by atomic mass is 10.1. The molecule has 3 rings (SSSR count). The average Bonchev–Trinajstić information content (AvgIpc) is 2.73. The summed E-state index contributed by atoms with van der Waals surface area (Å²) in [4.78, 5) is 0. The largest absolute Gasteiger partial charge is 0.0791 e. The number of rotatable bonds is 4. The molecule has 0 spiro atoms. The number of hydrogen-bond acceptors (Lipinski definition) is 0. The number of unbranched alkanes of at least 4 members (excludes halogenated alkanes) is 1. The van der Waals surface area contributed by atoms with E-state index in [-0.39, 0.29) is 0 Å². The van der Waals surface area contributed by atoms with Crippen molar-refractivity contribution in [3.05, 3.63) is 41.5 Å². The van der Waals surface area contributed by atoms with Crippen LogP contribution in [0.1, 0.15) is 42.9 Å². The van der Waals surface area contributed by atoms with Gasteiger partial charge in [-0.3, -0.25) is 0 Å². The van der Waals surface area contributed by atoms with E-state index in [0.29, 0.717) is 0 Å². The van der Waals surface area contributed by atoms with Crippen LogP contribution in [0.3, 0.4) is 0 Å². The smallest absolute Gasteiger partial charge is 0.0657 e. The maximum atomic E-state index is 2.53. The van der Waals surface area contributed by atoms with E-state index in [0.717, 1.165) is 5.54 Å². The zero-order valence-electron chi connectivity index (χ0n) is 10.8. The SMILES string of the molecule is CCCC[Si]1(C2C=Cc3ccccc32)CCC1. The molecule has 17 heavy (non-hydrogen) atoms. The highest BCUT2D eigenvalue weighted by atomic mass is 28.3. The van der Waals surface area contributed by atoms with Crippen molar-refractivity contribution in [2.24, 2.45) is 0 Å². The van der Waals surface area contributed by atoms with Gasteiger partial charge in [-0.25, -0.2) is 0 Å². The second-order valence-corrected chi connectivity index (χ2v) is 10.6. The third-order valence-electron chi connectivity index (χ3n) is 4.84. The molecule has 1 atom stereocenters. The van der Waals surface area contributed by atoms with E-state index in [1.54, 1.807) is 23.7 Å². The standard InChI is InChI=1S/C16H22Si/c1-2-3-11-17(12-6-13-17)16-10-9-14-7-4-5-8-15(14)16/h4-5,7-10,16H,2-3,6,11-13H2,1H3. The van der Waals surface area contributed by atoms with Gasteiger partial charge in [0.25, 0.3) is 0 Å². The molecule has 0 nitrogen and oxygen atoms in total. The van der Waals surface area contributed by atoms with E-state index < -0.39 is 8.07 Å². The molecule has 1 heterocycles. The highest BCUT2D eigenvalue weighted by Crippen LogP contribution is 2.50. The fourth-order valence-corrected chi connectivity index (χ4v) is 8.84. The normalized spacial score (nSPS) is 24.4. The van der Waals surface area contributed by atoms with Gasteiger partial charge in [0, 0.05) is 0 Å². The predicted octanol–water partition coefficient (Wildman–Crippen LogP) is 4.99. The van der Waals surface area contributed by atoms with Crippen molar-refractivity contribution in [3.8, 4) is 0 Å². The van der Waals surface area contributed by atoms with E-state index in [4.69, 9.17) is 0 Å². The molecule has 1 saturated heterocycles. The van der Waals surface area contributed by atoms with Gasteiger partial charge in [-0.1, -0.05) is 80.7 Å². The number of hydrogen-bond donors (Lipinski definition) is 0. The molecule has 0 aromatic heterocycles. The van der Waals surface area contributed by atoms with Gasteiger partial charge < -0.3 is 0 Å². The molecule has 0 N–H and O–H groups in total. The Balaban J connectivity index is 1.87. The second-order valence-electron chi connectivity index (χ2n) is 5.79. The van der Waals surface area contributed by atoms with Crippen LogP contribution in [0.4, 0.5) is 0 Å². The van der Waals surface area contributed by atoms with Gasteiger partial charge >= 0.3 is 0 Å². The minimum atomic E-state index is -0.969. The second kappa shape index (κ2) is 4.45. The molecule has 0 radical (unpaired) electrons. The fourth-order valence-electron chi connectivity index (χ4n) is 3.66. The van der Waals surface area contributed by atoms with Crippen LogP contribution in [0.15, 0.2) is 30.3 Å². The van der Waals surface area contributed by atoms with Crippen LogP contribution in [0.25, 0.3) is 6.08 Å². The molecule has 1 aliphatic carbocycles. The summed E-state index contributed by atoms with van der Waals surface area (Å²) in [5, 5.41) is 0. The lowest BCUT2D eigenvalue weighted by Gasteiger charge is -2.45. The Hall–Kier alpha value is -0.823. The zero-order chi connectivity index (χ0) is 11.7. The summed E-state index contributed by atoms with van der Waals surface area (Å²) in [5.74, 6) is 0. The first-order valence-electron chi connectivity index (χ1n) is 7.13. The topological polar surface area (TPSA) is 0 Å². The maximum Gasteiger partial charge on any atom is 0.0657 e. The van der Waals surface area contributed by atoms with Crippen LogP contribution < -0.4 is 0 Å². The van der Waals surface area contributed by atoms with Gasteiger partial charge in [0.2, 0.25) is 0 Å². The molecule has 1 aromatic carbocycles. The number of benzene rings is 1. The zero-order valence-corrected chi connectivity index (χ0v) is 11.8. The first-order valence-corrected chi connectivity index (χ1v) is 9.83. The molecule has 0 saturated carbocycles. The Morgan fingerprint density at radius 2 is 2.06 bits per heavy atom.